The summed E-state index contributed by atoms with van der Waals surface area (Å²) in [5.41, 5.74) is 4.66. The van der Waals surface area contributed by atoms with E-state index >= 15 is 0 Å². The van der Waals surface area contributed by atoms with Gasteiger partial charge in [-0.1, -0.05) is 54.1 Å². The molecular formula is C25H22ClNO3. The first-order valence-corrected chi connectivity index (χ1v) is 10.2. The highest BCUT2D eigenvalue weighted by Gasteiger charge is 2.41. The second kappa shape index (κ2) is 8.72. The number of benzene rings is 3. The average Bonchev–Trinajstić information content (AvgIpc) is 3.58. The van der Waals surface area contributed by atoms with E-state index in [1.165, 1.54) is 12.7 Å². The zero-order valence-electron chi connectivity index (χ0n) is 16.6. The number of methoxy groups -OCH3 is 1. The van der Waals surface area contributed by atoms with E-state index < -0.39 is 5.97 Å². The molecule has 1 aliphatic carbocycles. The Kier molecular flexibility index (Phi) is 5.86. The van der Waals surface area contributed by atoms with Crippen molar-refractivity contribution in [2.75, 3.05) is 12.0 Å². The molecule has 3 aromatic rings. The van der Waals surface area contributed by atoms with Crippen molar-refractivity contribution in [3.05, 3.63) is 100 Å². The second-order valence-electron chi connectivity index (χ2n) is 7.48. The fourth-order valence-corrected chi connectivity index (χ4v) is 4.10. The minimum Gasteiger partial charge on any atom is -0.465 e. The normalized spacial score (nSPS) is 17.3. The number of halogens is 1. The summed E-state index contributed by atoms with van der Waals surface area (Å²) in [6.45, 7) is 0.379. The van der Waals surface area contributed by atoms with Crippen LogP contribution in [0.15, 0.2) is 72.8 Å². The van der Waals surface area contributed by atoms with Crippen molar-refractivity contribution in [3.8, 4) is 0 Å². The van der Waals surface area contributed by atoms with Crippen molar-refractivity contribution in [3.63, 3.8) is 0 Å². The van der Waals surface area contributed by atoms with E-state index in [1.807, 2.05) is 36.4 Å². The third-order valence-electron chi connectivity index (χ3n) is 5.56. The standard InChI is InChI=1S/C25H22ClNO3/c1-30-25(29)19-6-4-5-17(13-19)15-27(16-28)24-8-3-2-7-21(24)23-14-22(23)18-9-11-20(26)12-10-18/h2-13,16,22-23H,14-15H2,1H3. The molecule has 3 aromatic carbocycles. The van der Waals surface area contributed by atoms with Crippen LogP contribution in [0.25, 0.3) is 0 Å². The lowest BCUT2D eigenvalue weighted by molar-refractivity contribution is -0.107. The molecule has 0 aliphatic heterocycles. The van der Waals surface area contributed by atoms with E-state index in [4.69, 9.17) is 16.3 Å². The molecule has 5 heteroatoms. The zero-order valence-corrected chi connectivity index (χ0v) is 17.4. The van der Waals surface area contributed by atoms with Crippen molar-refractivity contribution in [2.24, 2.45) is 0 Å². The molecular weight excluding hydrogens is 398 g/mol. The first-order valence-electron chi connectivity index (χ1n) is 9.84. The van der Waals surface area contributed by atoms with Crippen LogP contribution >= 0.6 is 11.6 Å². The van der Waals surface area contributed by atoms with Crippen molar-refractivity contribution in [1.29, 1.82) is 0 Å². The van der Waals surface area contributed by atoms with E-state index in [1.54, 1.807) is 23.1 Å². The van der Waals surface area contributed by atoms with E-state index in [0.717, 1.165) is 34.7 Å². The minimum atomic E-state index is -0.390. The van der Waals surface area contributed by atoms with Gasteiger partial charge in [0, 0.05) is 10.7 Å². The van der Waals surface area contributed by atoms with Gasteiger partial charge in [0.2, 0.25) is 6.41 Å². The van der Waals surface area contributed by atoms with Gasteiger partial charge in [-0.2, -0.15) is 0 Å². The number of nitrogens with zero attached hydrogens (tertiary/aromatic N) is 1. The number of anilines is 1. The van der Waals surface area contributed by atoms with Gasteiger partial charge < -0.3 is 9.64 Å². The Morgan fingerprint density at radius 2 is 1.83 bits per heavy atom. The third-order valence-corrected chi connectivity index (χ3v) is 5.81. The van der Waals surface area contributed by atoms with E-state index in [2.05, 4.69) is 18.2 Å². The Hall–Kier alpha value is -3.11. The predicted molar refractivity (Wildman–Crippen MR) is 118 cm³/mol. The summed E-state index contributed by atoms with van der Waals surface area (Å²) >= 11 is 6.02. The van der Waals surface area contributed by atoms with Crippen LogP contribution in [0.4, 0.5) is 5.69 Å². The molecule has 1 saturated carbocycles. The predicted octanol–water partition coefficient (Wildman–Crippen LogP) is 5.56. The fraction of sp³-hybridized carbons (Fsp3) is 0.200. The van der Waals surface area contributed by atoms with Crippen LogP contribution in [0.5, 0.6) is 0 Å². The molecule has 2 unspecified atom stereocenters. The number of hydrogen-bond acceptors (Lipinski definition) is 3. The molecule has 152 valence electrons. The average molecular weight is 420 g/mol. The molecule has 1 fully saturated rings. The van der Waals surface area contributed by atoms with E-state index in [-0.39, 0.29) is 0 Å². The maximum absolute atomic E-state index is 12.0. The summed E-state index contributed by atoms with van der Waals surface area (Å²) in [4.78, 5) is 25.5. The Morgan fingerprint density at radius 1 is 1.07 bits per heavy atom. The molecule has 0 heterocycles. The number of esters is 1. The zero-order chi connectivity index (χ0) is 21.1. The summed E-state index contributed by atoms with van der Waals surface area (Å²) in [6, 6.07) is 23.2. The summed E-state index contributed by atoms with van der Waals surface area (Å²) in [7, 11) is 1.36. The second-order valence-corrected chi connectivity index (χ2v) is 7.92. The van der Waals surface area contributed by atoms with Gasteiger partial charge in [0.1, 0.15) is 0 Å². The Bertz CT molecular complexity index is 1060. The molecule has 2 atom stereocenters. The number of hydrogen-bond donors (Lipinski definition) is 0. The Morgan fingerprint density at radius 3 is 2.57 bits per heavy atom. The molecule has 30 heavy (non-hydrogen) atoms. The van der Waals surface area contributed by atoms with Crippen LogP contribution in [-0.2, 0) is 16.1 Å². The van der Waals surface area contributed by atoms with Crippen molar-refractivity contribution >= 4 is 29.7 Å². The quantitative estimate of drug-likeness (QED) is 0.372. The van der Waals surface area contributed by atoms with Crippen LogP contribution in [0, 0.1) is 0 Å². The lowest BCUT2D eigenvalue weighted by atomic mass is 10.0. The Balaban J connectivity index is 1.57. The number of carbonyl (C=O) groups is 2. The molecule has 0 aromatic heterocycles. The van der Waals surface area contributed by atoms with E-state index in [9.17, 15) is 9.59 Å². The van der Waals surface area contributed by atoms with Crippen molar-refractivity contribution < 1.29 is 14.3 Å². The summed E-state index contributed by atoms with van der Waals surface area (Å²) in [5, 5.41) is 0.734. The first kappa shape index (κ1) is 20.2. The molecule has 1 amide bonds. The van der Waals surface area contributed by atoms with Gasteiger partial charge in [0.15, 0.2) is 0 Å². The summed E-state index contributed by atoms with van der Waals surface area (Å²) in [5.74, 6) is 0.407. The topological polar surface area (TPSA) is 46.6 Å². The van der Waals surface area contributed by atoms with Crippen LogP contribution in [0.2, 0.25) is 5.02 Å². The van der Waals surface area contributed by atoms with E-state index in [0.29, 0.717) is 23.9 Å². The molecule has 0 spiro atoms. The first-order chi connectivity index (χ1) is 14.6. The van der Waals surface area contributed by atoms with Crippen molar-refractivity contribution in [1.82, 2.24) is 0 Å². The molecule has 0 saturated heterocycles. The van der Waals surface area contributed by atoms with Gasteiger partial charge in [0.25, 0.3) is 0 Å². The van der Waals surface area contributed by atoms with Gasteiger partial charge >= 0.3 is 5.97 Å². The number of rotatable bonds is 7. The van der Waals surface area contributed by atoms with Gasteiger partial charge in [-0.05, 0) is 65.3 Å². The van der Waals surface area contributed by atoms with Crippen LogP contribution < -0.4 is 4.90 Å². The number of carbonyl (C=O) groups excluding carboxylic acids is 2. The third kappa shape index (κ3) is 4.24. The van der Waals surface area contributed by atoms with Crippen LogP contribution in [0.3, 0.4) is 0 Å². The van der Waals surface area contributed by atoms with Gasteiger partial charge in [0.05, 0.1) is 19.2 Å². The van der Waals surface area contributed by atoms with Crippen LogP contribution in [0.1, 0.15) is 45.3 Å². The molecule has 4 nitrogen and oxygen atoms in total. The maximum Gasteiger partial charge on any atom is 0.337 e. The van der Waals surface area contributed by atoms with Crippen molar-refractivity contribution in [2.45, 2.75) is 24.8 Å². The van der Waals surface area contributed by atoms with Gasteiger partial charge in [-0.3, -0.25) is 4.79 Å². The SMILES string of the molecule is COC(=O)c1cccc(CN(C=O)c2ccccc2C2CC2c2ccc(Cl)cc2)c1. The Labute approximate surface area is 181 Å². The molecule has 4 rings (SSSR count). The maximum atomic E-state index is 12.0. The summed E-state index contributed by atoms with van der Waals surface area (Å²) in [6.07, 6.45) is 1.90. The van der Waals surface area contributed by atoms with Gasteiger partial charge in [-0.25, -0.2) is 4.79 Å². The molecule has 1 aliphatic rings. The number of amides is 1. The molecule has 0 N–H and O–H groups in total. The largest absolute Gasteiger partial charge is 0.465 e. The lowest BCUT2D eigenvalue weighted by Gasteiger charge is -2.21. The summed E-state index contributed by atoms with van der Waals surface area (Å²) < 4.78 is 4.80. The highest BCUT2D eigenvalue weighted by molar-refractivity contribution is 6.30. The number of para-hydroxylation sites is 1. The molecule has 0 radical (unpaired) electrons. The monoisotopic (exact) mass is 419 g/mol. The molecule has 0 bridgehead atoms. The highest BCUT2D eigenvalue weighted by Crippen LogP contribution is 2.56. The lowest BCUT2D eigenvalue weighted by Crippen LogP contribution is -2.22. The number of ether oxygens (including phenoxy) is 1. The van der Waals surface area contributed by atoms with Gasteiger partial charge in [-0.15, -0.1) is 0 Å². The minimum absolute atomic E-state index is 0.367. The highest BCUT2D eigenvalue weighted by atomic mass is 35.5. The fourth-order valence-electron chi connectivity index (χ4n) is 3.97. The van der Waals surface area contributed by atoms with Crippen LogP contribution in [-0.4, -0.2) is 19.5 Å². The smallest absolute Gasteiger partial charge is 0.337 e.